The van der Waals surface area contributed by atoms with Crippen molar-refractivity contribution in [1.82, 2.24) is 25.0 Å². The SMILES string of the molecule is Nc1nc(Cc2cn(CCCc3ccccc3)nn2)c[nH]1. The van der Waals surface area contributed by atoms with Crippen molar-refractivity contribution in [3.63, 3.8) is 0 Å². The predicted octanol–water partition coefficient (Wildman–Crippen LogP) is 1.81. The first kappa shape index (κ1) is 13.4. The molecule has 0 saturated heterocycles. The van der Waals surface area contributed by atoms with Crippen LogP contribution in [0.15, 0.2) is 42.7 Å². The van der Waals surface area contributed by atoms with Gasteiger partial charge in [0.1, 0.15) is 0 Å². The smallest absolute Gasteiger partial charge is 0.197 e. The topological polar surface area (TPSA) is 85.4 Å². The number of hydrogen-bond donors (Lipinski definition) is 2. The summed E-state index contributed by atoms with van der Waals surface area (Å²) in [5.74, 6) is 0.431. The molecular weight excluding hydrogens is 264 g/mol. The van der Waals surface area contributed by atoms with Gasteiger partial charge in [-0.1, -0.05) is 35.5 Å². The van der Waals surface area contributed by atoms with Crippen LogP contribution in [0.1, 0.15) is 23.4 Å². The van der Waals surface area contributed by atoms with Gasteiger partial charge in [-0.05, 0) is 18.4 Å². The molecule has 2 aromatic heterocycles. The van der Waals surface area contributed by atoms with Crippen molar-refractivity contribution in [3.8, 4) is 0 Å². The van der Waals surface area contributed by atoms with Crippen LogP contribution in [-0.2, 0) is 19.4 Å². The molecule has 3 N–H and O–H groups in total. The van der Waals surface area contributed by atoms with Gasteiger partial charge in [-0.3, -0.25) is 4.68 Å². The number of H-pyrrole nitrogens is 1. The molecule has 3 rings (SSSR count). The molecule has 1 aromatic carbocycles. The van der Waals surface area contributed by atoms with Crippen LogP contribution in [0.25, 0.3) is 0 Å². The van der Waals surface area contributed by atoms with Gasteiger partial charge in [0.2, 0.25) is 0 Å². The third-order valence-corrected chi connectivity index (χ3v) is 3.29. The van der Waals surface area contributed by atoms with E-state index in [1.54, 1.807) is 6.20 Å². The molecule has 2 heterocycles. The second-order valence-corrected chi connectivity index (χ2v) is 5.02. The summed E-state index contributed by atoms with van der Waals surface area (Å²) in [6.07, 6.45) is 6.50. The van der Waals surface area contributed by atoms with E-state index < -0.39 is 0 Å². The maximum atomic E-state index is 5.55. The van der Waals surface area contributed by atoms with Gasteiger partial charge in [0.15, 0.2) is 5.95 Å². The summed E-state index contributed by atoms with van der Waals surface area (Å²) in [5.41, 5.74) is 8.68. The minimum atomic E-state index is 0.431. The van der Waals surface area contributed by atoms with E-state index in [0.717, 1.165) is 30.8 Å². The monoisotopic (exact) mass is 282 g/mol. The van der Waals surface area contributed by atoms with Gasteiger partial charge in [-0.15, -0.1) is 5.10 Å². The molecule has 0 aliphatic heterocycles. The number of aromatic amines is 1. The molecule has 0 fully saturated rings. The predicted molar refractivity (Wildman–Crippen MR) is 80.6 cm³/mol. The van der Waals surface area contributed by atoms with Gasteiger partial charge in [0, 0.05) is 25.4 Å². The number of hydrogen-bond acceptors (Lipinski definition) is 4. The van der Waals surface area contributed by atoms with Crippen LogP contribution in [0.5, 0.6) is 0 Å². The molecule has 6 heteroatoms. The van der Waals surface area contributed by atoms with Crippen molar-refractivity contribution >= 4 is 5.95 Å². The fourth-order valence-electron chi connectivity index (χ4n) is 2.27. The number of nitrogens with zero attached hydrogens (tertiary/aromatic N) is 4. The van der Waals surface area contributed by atoms with Crippen LogP contribution in [-0.4, -0.2) is 25.0 Å². The molecule has 3 aromatic rings. The van der Waals surface area contributed by atoms with Crippen molar-refractivity contribution in [1.29, 1.82) is 0 Å². The van der Waals surface area contributed by atoms with Crippen LogP contribution in [0.4, 0.5) is 5.95 Å². The largest absolute Gasteiger partial charge is 0.369 e. The van der Waals surface area contributed by atoms with Gasteiger partial charge in [-0.2, -0.15) is 0 Å². The molecule has 0 amide bonds. The molecule has 0 atom stereocenters. The average Bonchev–Trinajstić information content (AvgIpc) is 3.10. The Morgan fingerprint density at radius 2 is 2.00 bits per heavy atom. The van der Waals surface area contributed by atoms with Gasteiger partial charge in [0.25, 0.3) is 0 Å². The molecule has 0 spiro atoms. The fraction of sp³-hybridized carbons (Fsp3) is 0.267. The van der Waals surface area contributed by atoms with Crippen LogP contribution >= 0.6 is 0 Å². The zero-order valence-corrected chi connectivity index (χ0v) is 11.7. The highest BCUT2D eigenvalue weighted by Gasteiger charge is 2.05. The maximum absolute atomic E-state index is 5.55. The Labute approximate surface area is 123 Å². The zero-order valence-electron chi connectivity index (χ0n) is 11.7. The lowest BCUT2D eigenvalue weighted by Gasteiger charge is -2.01. The summed E-state index contributed by atoms with van der Waals surface area (Å²) in [5, 5.41) is 8.31. The summed E-state index contributed by atoms with van der Waals surface area (Å²) in [6.45, 7) is 0.866. The highest BCUT2D eigenvalue weighted by molar-refractivity contribution is 5.21. The number of anilines is 1. The first-order chi connectivity index (χ1) is 10.3. The van der Waals surface area contributed by atoms with Crippen LogP contribution in [0.3, 0.4) is 0 Å². The maximum Gasteiger partial charge on any atom is 0.197 e. The Kier molecular flexibility index (Phi) is 3.95. The zero-order chi connectivity index (χ0) is 14.5. The second kappa shape index (κ2) is 6.21. The number of nitrogens with two attached hydrogens (primary N) is 1. The van der Waals surface area contributed by atoms with E-state index in [-0.39, 0.29) is 0 Å². The third kappa shape index (κ3) is 3.68. The van der Waals surface area contributed by atoms with E-state index in [0.29, 0.717) is 12.4 Å². The highest BCUT2D eigenvalue weighted by Crippen LogP contribution is 2.07. The highest BCUT2D eigenvalue weighted by atomic mass is 15.4. The average molecular weight is 282 g/mol. The normalized spacial score (nSPS) is 10.9. The lowest BCUT2D eigenvalue weighted by Crippen LogP contribution is -2.00. The van der Waals surface area contributed by atoms with Crippen molar-refractivity contribution in [2.75, 3.05) is 5.73 Å². The number of rotatable bonds is 6. The molecule has 0 aliphatic rings. The summed E-state index contributed by atoms with van der Waals surface area (Å²) < 4.78 is 1.88. The lowest BCUT2D eigenvalue weighted by molar-refractivity contribution is 0.558. The Morgan fingerprint density at radius 3 is 2.76 bits per heavy atom. The van der Waals surface area contributed by atoms with Crippen LogP contribution in [0, 0.1) is 0 Å². The number of aryl methyl sites for hydroxylation is 2. The van der Waals surface area contributed by atoms with Crippen molar-refractivity contribution in [2.24, 2.45) is 0 Å². The minimum absolute atomic E-state index is 0.431. The molecule has 0 unspecified atom stereocenters. The Hall–Kier alpha value is -2.63. The summed E-state index contributed by atoms with van der Waals surface area (Å²) in [6, 6.07) is 10.5. The third-order valence-electron chi connectivity index (χ3n) is 3.29. The second-order valence-electron chi connectivity index (χ2n) is 5.02. The molecular formula is C15H18N6. The molecule has 6 nitrogen and oxygen atoms in total. The molecule has 108 valence electrons. The fourth-order valence-corrected chi connectivity index (χ4v) is 2.27. The number of nitrogens with one attached hydrogen (secondary N) is 1. The molecule has 0 saturated carbocycles. The minimum Gasteiger partial charge on any atom is -0.369 e. The van der Waals surface area contributed by atoms with Gasteiger partial charge in [-0.25, -0.2) is 4.98 Å². The van der Waals surface area contributed by atoms with Crippen LogP contribution in [0.2, 0.25) is 0 Å². The number of benzene rings is 1. The summed E-state index contributed by atoms with van der Waals surface area (Å²) in [7, 11) is 0. The van der Waals surface area contributed by atoms with Crippen molar-refractivity contribution < 1.29 is 0 Å². The van der Waals surface area contributed by atoms with Gasteiger partial charge < -0.3 is 10.7 Å². The first-order valence-electron chi connectivity index (χ1n) is 7.02. The molecule has 0 bridgehead atoms. The van der Waals surface area contributed by atoms with Crippen molar-refractivity contribution in [3.05, 3.63) is 59.7 Å². The van der Waals surface area contributed by atoms with Gasteiger partial charge >= 0.3 is 0 Å². The Balaban J connectivity index is 1.51. The molecule has 0 radical (unpaired) electrons. The quantitative estimate of drug-likeness (QED) is 0.722. The number of nitrogen functional groups attached to an aromatic ring is 1. The Morgan fingerprint density at radius 1 is 1.14 bits per heavy atom. The van der Waals surface area contributed by atoms with E-state index in [2.05, 4.69) is 44.5 Å². The summed E-state index contributed by atoms with van der Waals surface area (Å²) in [4.78, 5) is 7.02. The van der Waals surface area contributed by atoms with E-state index in [9.17, 15) is 0 Å². The number of aromatic nitrogens is 5. The first-order valence-corrected chi connectivity index (χ1v) is 7.02. The van der Waals surface area contributed by atoms with Gasteiger partial charge in [0.05, 0.1) is 11.4 Å². The Bertz CT molecular complexity index is 685. The van der Waals surface area contributed by atoms with E-state index in [4.69, 9.17) is 5.73 Å². The molecule has 21 heavy (non-hydrogen) atoms. The van der Waals surface area contributed by atoms with Crippen LogP contribution < -0.4 is 5.73 Å². The molecule has 0 aliphatic carbocycles. The van der Waals surface area contributed by atoms with Crippen molar-refractivity contribution in [2.45, 2.75) is 25.8 Å². The standard InChI is InChI=1S/C15H18N6/c16-15-17-10-13(18-15)9-14-11-21(20-19-14)8-4-7-12-5-2-1-3-6-12/h1-3,5-6,10-11H,4,7-9H2,(H3,16,17,18). The summed E-state index contributed by atoms with van der Waals surface area (Å²) >= 11 is 0. The number of imidazole rings is 1. The van der Waals surface area contributed by atoms with E-state index in [1.807, 2.05) is 16.9 Å². The van der Waals surface area contributed by atoms with E-state index in [1.165, 1.54) is 5.56 Å². The lowest BCUT2D eigenvalue weighted by atomic mass is 10.1. The van der Waals surface area contributed by atoms with E-state index >= 15 is 0 Å².